The van der Waals surface area contributed by atoms with Crippen LogP contribution in [0.25, 0.3) is 0 Å². The van der Waals surface area contributed by atoms with Gasteiger partial charge in [-0.15, -0.1) is 0 Å². The second kappa shape index (κ2) is 9.16. The van der Waals surface area contributed by atoms with E-state index in [-0.39, 0.29) is 17.4 Å². The van der Waals surface area contributed by atoms with Crippen LogP contribution < -0.4 is 11.4 Å². The van der Waals surface area contributed by atoms with Crippen molar-refractivity contribution in [2.45, 2.75) is 37.1 Å². The topological polar surface area (TPSA) is 155 Å². The molecule has 2 aromatic rings. The summed E-state index contributed by atoms with van der Waals surface area (Å²) < 4.78 is 49.0. The van der Waals surface area contributed by atoms with E-state index in [0.717, 1.165) is 4.57 Å². The number of phosphoric ester groups is 1. The lowest BCUT2D eigenvalue weighted by Crippen LogP contribution is -2.36. The highest BCUT2D eigenvalue weighted by Gasteiger charge is 2.46. The van der Waals surface area contributed by atoms with E-state index in [9.17, 15) is 24.0 Å². The van der Waals surface area contributed by atoms with Crippen LogP contribution in [0.2, 0.25) is 5.02 Å². The first-order chi connectivity index (χ1) is 15.2. The molecule has 2 aliphatic heterocycles. The highest BCUT2D eigenvalue weighted by molar-refractivity contribution is 7.48. The van der Waals surface area contributed by atoms with Crippen molar-refractivity contribution in [2.24, 2.45) is 0 Å². The summed E-state index contributed by atoms with van der Waals surface area (Å²) in [7, 11) is -4.09. The third-order valence-corrected chi connectivity index (χ3v) is 6.84. The van der Waals surface area contributed by atoms with Gasteiger partial charge in [0, 0.05) is 12.6 Å². The Morgan fingerprint density at radius 1 is 1.34 bits per heavy atom. The highest BCUT2D eigenvalue weighted by atomic mass is 35.5. The summed E-state index contributed by atoms with van der Waals surface area (Å²) in [6.45, 7) is -0.469. The minimum atomic E-state index is -4.09. The molecule has 0 radical (unpaired) electrons. The minimum absolute atomic E-state index is 0.0119. The van der Waals surface area contributed by atoms with Crippen molar-refractivity contribution in [3.63, 3.8) is 0 Å². The van der Waals surface area contributed by atoms with Gasteiger partial charge in [-0.3, -0.25) is 18.1 Å². The summed E-state index contributed by atoms with van der Waals surface area (Å²) >= 11 is 5.69. The smallest absolute Gasteiger partial charge is 0.387 e. The Hall–Kier alpha value is -1.89. The number of hydrogen-bond acceptors (Lipinski definition) is 10. The van der Waals surface area contributed by atoms with E-state index >= 15 is 0 Å². The third-order valence-electron chi connectivity index (χ3n) is 5.06. The molecule has 6 atom stereocenters. The van der Waals surface area contributed by atoms with Crippen molar-refractivity contribution in [1.29, 1.82) is 0 Å². The predicted molar refractivity (Wildman–Crippen MR) is 108 cm³/mol. The van der Waals surface area contributed by atoms with Crippen molar-refractivity contribution in [3.8, 4) is 0 Å². The molecule has 32 heavy (non-hydrogen) atoms. The maximum absolute atomic E-state index is 13.8. The molecule has 0 saturated carbocycles. The zero-order chi connectivity index (χ0) is 23.0. The lowest BCUT2D eigenvalue weighted by molar-refractivity contribution is -0.0609. The lowest BCUT2D eigenvalue weighted by atomic mass is 10.1. The largest absolute Gasteiger partial charge is 0.475 e. The van der Waals surface area contributed by atoms with Crippen LogP contribution in [-0.4, -0.2) is 51.3 Å². The van der Waals surface area contributed by atoms with Crippen LogP contribution >= 0.6 is 19.4 Å². The van der Waals surface area contributed by atoms with E-state index in [2.05, 4.69) is 4.98 Å². The second-order valence-corrected chi connectivity index (χ2v) is 9.25. The average molecular weight is 492 g/mol. The first-order valence-electron chi connectivity index (χ1n) is 9.55. The lowest BCUT2D eigenvalue weighted by Gasteiger charge is -2.29. The van der Waals surface area contributed by atoms with Gasteiger partial charge < -0.3 is 20.7 Å². The summed E-state index contributed by atoms with van der Waals surface area (Å²) in [4.78, 5) is 15.5. The molecule has 11 nitrogen and oxygen atoms in total. The SMILES string of the molecule is Nc1ccn([C@@H]2O[C@H](CO[P@]3(=O)OCC[C@H](c4ccc(Cl)c(F)c4)O3)[C@@H](O)[C@@H]2O)c(=O)n1. The first-order valence-corrected chi connectivity index (χ1v) is 11.4. The summed E-state index contributed by atoms with van der Waals surface area (Å²) in [5.74, 6) is -0.663. The maximum atomic E-state index is 13.8. The Kier molecular flexibility index (Phi) is 6.66. The van der Waals surface area contributed by atoms with Crippen molar-refractivity contribution in [3.05, 3.63) is 57.3 Å². The van der Waals surface area contributed by atoms with E-state index in [0.29, 0.717) is 12.0 Å². The first kappa shape index (κ1) is 23.3. The van der Waals surface area contributed by atoms with E-state index in [1.165, 1.54) is 30.5 Å². The number of nitrogen functional groups attached to an aromatic ring is 1. The molecule has 0 spiro atoms. The molecule has 2 fully saturated rings. The fourth-order valence-corrected chi connectivity index (χ4v) is 4.91. The van der Waals surface area contributed by atoms with E-state index in [1.54, 1.807) is 0 Å². The number of ether oxygens (including phenoxy) is 1. The van der Waals surface area contributed by atoms with E-state index in [4.69, 9.17) is 35.6 Å². The van der Waals surface area contributed by atoms with Gasteiger partial charge in [0.2, 0.25) is 0 Å². The Bertz CT molecular complexity index is 1100. The molecule has 1 aromatic carbocycles. The van der Waals surface area contributed by atoms with Crippen LogP contribution in [0.4, 0.5) is 10.2 Å². The molecule has 2 aliphatic rings. The zero-order valence-corrected chi connectivity index (χ0v) is 18.1. The second-order valence-electron chi connectivity index (χ2n) is 7.22. The van der Waals surface area contributed by atoms with Gasteiger partial charge in [-0.2, -0.15) is 4.98 Å². The number of hydrogen-bond donors (Lipinski definition) is 3. The number of benzene rings is 1. The van der Waals surface area contributed by atoms with Crippen molar-refractivity contribution >= 4 is 25.2 Å². The quantitative estimate of drug-likeness (QED) is 0.524. The molecule has 174 valence electrons. The molecule has 1 aromatic heterocycles. The molecule has 0 aliphatic carbocycles. The van der Waals surface area contributed by atoms with Crippen molar-refractivity contribution in [1.82, 2.24) is 9.55 Å². The number of nitrogens with zero attached hydrogens (tertiary/aromatic N) is 2. The highest BCUT2D eigenvalue weighted by Crippen LogP contribution is 2.57. The monoisotopic (exact) mass is 491 g/mol. The Balaban J connectivity index is 1.42. The summed E-state index contributed by atoms with van der Waals surface area (Å²) in [6.07, 6.45) is -4.60. The number of aliphatic hydroxyl groups is 2. The average Bonchev–Trinajstić information content (AvgIpc) is 3.03. The van der Waals surface area contributed by atoms with Gasteiger partial charge >= 0.3 is 13.5 Å². The number of phosphoric acid groups is 1. The van der Waals surface area contributed by atoms with Crippen LogP contribution in [0.15, 0.2) is 35.3 Å². The normalized spacial score (nSPS) is 32.8. The van der Waals surface area contributed by atoms with E-state index in [1.807, 2.05) is 0 Å². The van der Waals surface area contributed by atoms with Gasteiger partial charge in [0.25, 0.3) is 0 Å². The molecular formula is C18H20ClFN3O8P. The van der Waals surface area contributed by atoms with Crippen molar-refractivity contribution in [2.75, 3.05) is 18.9 Å². The Labute approximate surface area is 186 Å². The van der Waals surface area contributed by atoms with Crippen molar-refractivity contribution < 1.29 is 37.5 Å². The van der Waals surface area contributed by atoms with Gasteiger partial charge in [0.05, 0.1) is 24.3 Å². The maximum Gasteiger partial charge on any atom is 0.475 e. The number of halogens is 2. The number of anilines is 1. The van der Waals surface area contributed by atoms with E-state index < -0.39 is 56.6 Å². The van der Waals surface area contributed by atoms with Crippen LogP contribution in [0.1, 0.15) is 24.3 Å². The third kappa shape index (κ3) is 4.73. The minimum Gasteiger partial charge on any atom is -0.387 e. The van der Waals surface area contributed by atoms with Crippen LogP contribution in [0.3, 0.4) is 0 Å². The number of nitrogens with two attached hydrogens (primary N) is 1. The van der Waals surface area contributed by atoms with Gasteiger partial charge in [-0.05, 0) is 23.8 Å². The summed E-state index contributed by atoms with van der Waals surface area (Å²) in [5.41, 5.74) is 5.07. The molecular weight excluding hydrogens is 472 g/mol. The van der Waals surface area contributed by atoms with Crippen LogP contribution in [-0.2, 0) is 22.9 Å². The number of aliphatic hydroxyl groups excluding tert-OH is 2. The molecule has 0 amide bonds. The Morgan fingerprint density at radius 2 is 2.12 bits per heavy atom. The molecule has 2 saturated heterocycles. The molecule has 3 heterocycles. The Morgan fingerprint density at radius 3 is 2.84 bits per heavy atom. The molecule has 4 rings (SSSR count). The van der Waals surface area contributed by atoms with Crippen LogP contribution in [0, 0.1) is 5.82 Å². The standard InChI is InChI=1S/C18H20ClFN3O8P/c19-10-2-1-9(7-11(10)20)12-4-6-28-32(27,31-12)29-8-13-15(24)16(25)17(30-13)23-5-3-14(21)22-18(23)26/h1-3,5,7,12-13,15-17,24-25H,4,6,8H2,(H2,21,22,26)/t12-,13-,15-,16+,17-,32+/m1/s1. The van der Waals surface area contributed by atoms with Crippen LogP contribution in [0.5, 0.6) is 0 Å². The molecule has 4 N–H and O–H groups in total. The molecule has 0 unspecified atom stereocenters. The number of aromatic nitrogens is 2. The predicted octanol–water partition coefficient (Wildman–Crippen LogP) is 1.54. The molecule has 14 heteroatoms. The van der Waals surface area contributed by atoms with Gasteiger partial charge in [0.15, 0.2) is 6.23 Å². The summed E-state index contributed by atoms with van der Waals surface area (Å²) in [5, 5.41) is 20.5. The van der Waals surface area contributed by atoms with Gasteiger partial charge in [0.1, 0.15) is 29.9 Å². The van der Waals surface area contributed by atoms with Gasteiger partial charge in [-0.25, -0.2) is 13.8 Å². The van der Waals surface area contributed by atoms with Gasteiger partial charge in [-0.1, -0.05) is 17.7 Å². The number of rotatable bonds is 5. The summed E-state index contributed by atoms with van der Waals surface area (Å²) in [6, 6.07) is 5.39. The molecule has 0 bridgehead atoms. The zero-order valence-electron chi connectivity index (χ0n) is 16.4. The fourth-order valence-electron chi connectivity index (χ4n) is 3.40. The fraction of sp³-hybridized carbons (Fsp3) is 0.444.